The molecule has 0 aromatic rings. The van der Waals surface area contributed by atoms with Gasteiger partial charge in [0.15, 0.2) is 0 Å². The van der Waals surface area contributed by atoms with Gasteiger partial charge in [-0.15, -0.1) is 0 Å². The zero-order chi connectivity index (χ0) is 14.0. The number of amides is 1. The molecule has 2 atom stereocenters. The molecule has 1 heterocycles. The van der Waals surface area contributed by atoms with Crippen LogP contribution in [0.3, 0.4) is 0 Å². The Kier molecular flexibility index (Phi) is 4.07. The lowest BCUT2D eigenvalue weighted by molar-refractivity contribution is -0.147. The first kappa shape index (κ1) is 13.8. The highest BCUT2D eigenvalue weighted by atomic mass is 16.4. The van der Waals surface area contributed by atoms with Gasteiger partial charge < -0.3 is 15.1 Å². The predicted octanol–water partition coefficient (Wildman–Crippen LogP) is 0.810. The Morgan fingerprint density at radius 1 is 0.789 bits per heavy atom. The average molecular weight is 269 g/mol. The summed E-state index contributed by atoms with van der Waals surface area (Å²) in [6.45, 7) is 0.952. The lowest BCUT2D eigenvalue weighted by Gasteiger charge is -2.32. The van der Waals surface area contributed by atoms with Crippen LogP contribution in [0.15, 0.2) is 0 Å². The second-order valence-corrected chi connectivity index (χ2v) is 5.48. The van der Waals surface area contributed by atoms with Crippen LogP contribution in [0.1, 0.15) is 32.1 Å². The van der Waals surface area contributed by atoms with Crippen LogP contribution in [0, 0.1) is 17.8 Å². The van der Waals surface area contributed by atoms with Crippen molar-refractivity contribution in [3.8, 4) is 0 Å². The molecule has 6 heteroatoms. The van der Waals surface area contributed by atoms with E-state index in [2.05, 4.69) is 0 Å². The number of carboxylic acid groups (broad SMARTS) is 2. The lowest BCUT2D eigenvalue weighted by atomic mass is 9.95. The first-order valence-electron chi connectivity index (χ1n) is 6.73. The first-order chi connectivity index (χ1) is 8.99. The van der Waals surface area contributed by atoms with Crippen LogP contribution in [0.2, 0.25) is 0 Å². The van der Waals surface area contributed by atoms with Gasteiger partial charge >= 0.3 is 11.9 Å². The van der Waals surface area contributed by atoms with Crippen LogP contribution in [0.25, 0.3) is 0 Å². The van der Waals surface area contributed by atoms with Crippen LogP contribution < -0.4 is 0 Å². The van der Waals surface area contributed by atoms with E-state index in [1.54, 1.807) is 4.90 Å². The molecule has 0 spiro atoms. The van der Waals surface area contributed by atoms with Crippen molar-refractivity contribution >= 4 is 17.8 Å². The standard InChI is InChI=1S/C13H19NO5/c15-11(9-1-2-10(7-9)13(18)19)14-5-3-8(4-6-14)12(16)17/h8-10H,1-7H2,(H,16,17)(H,18,19)/t9-,10+/m0/s1. The summed E-state index contributed by atoms with van der Waals surface area (Å²) in [6, 6.07) is 0. The van der Waals surface area contributed by atoms with E-state index >= 15 is 0 Å². The van der Waals surface area contributed by atoms with Crippen molar-refractivity contribution in [3.63, 3.8) is 0 Å². The molecule has 2 N–H and O–H groups in total. The smallest absolute Gasteiger partial charge is 0.306 e. The quantitative estimate of drug-likeness (QED) is 0.790. The fraction of sp³-hybridized carbons (Fsp3) is 0.769. The van der Waals surface area contributed by atoms with E-state index in [4.69, 9.17) is 10.2 Å². The summed E-state index contributed by atoms with van der Waals surface area (Å²) in [5, 5.41) is 17.8. The van der Waals surface area contributed by atoms with Crippen LogP contribution in [0.5, 0.6) is 0 Å². The molecule has 0 unspecified atom stereocenters. The zero-order valence-electron chi connectivity index (χ0n) is 10.7. The number of hydrogen-bond acceptors (Lipinski definition) is 3. The van der Waals surface area contributed by atoms with Gasteiger partial charge in [0.1, 0.15) is 0 Å². The number of piperidine rings is 1. The molecule has 0 bridgehead atoms. The summed E-state index contributed by atoms with van der Waals surface area (Å²) in [6.07, 6.45) is 2.62. The molecule has 1 saturated carbocycles. The number of carbonyl (C=O) groups excluding carboxylic acids is 1. The van der Waals surface area contributed by atoms with Gasteiger partial charge in [0, 0.05) is 19.0 Å². The van der Waals surface area contributed by atoms with Crippen molar-refractivity contribution < 1.29 is 24.6 Å². The monoisotopic (exact) mass is 269 g/mol. The molecule has 6 nitrogen and oxygen atoms in total. The number of carbonyl (C=O) groups is 3. The van der Waals surface area contributed by atoms with E-state index in [-0.39, 0.29) is 17.7 Å². The number of carboxylic acids is 2. The Bertz CT molecular complexity index is 386. The SMILES string of the molecule is O=C(O)C1CCN(C(=O)[C@H]2CC[C@@H](C(=O)O)C2)CC1. The summed E-state index contributed by atoms with van der Waals surface area (Å²) < 4.78 is 0. The van der Waals surface area contributed by atoms with Gasteiger partial charge in [-0.1, -0.05) is 0 Å². The van der Waals surface area contributed by atoms with Gasteiger partial charge in [0.2, 0.25) is 5.91 Å². The topological polar surface area (TPSA) is 94.9 Å². The third-order valence-corrected chi connectivity index (χ3v) is 4.29. The van der Waals surface area contributed by atoms with E-state index in [9.17, 15) is 14.4 Å². The molecule has 0 aromatic heterocycles. The highest BCUT2D eigenvalue weighted by Crippen LogP contribution is 2.33. The lowest BCUT2D eigenvalue weighted by Crippen LogP contribution is -2.42. The Balaban J connectivity index is 1.85. The minimum Gasteiger partial charge on any atom is -0.481 e. The predicted molar refractivity (Wildman–Crippen MR) is 65.4 cm³/mol. The molecular weight excluding hydrogens is 250 g/mol. The molecule has 2 rings (SSSR count). The van der Waals surface area contributed by atoms with Crippen molar-refractivity contribution in [2.45, 2.75) is 32.1 Å². The number of aliphatic carboxylic acids is 2. The average Bonchev–Trinajstić information content (AvgIpc) is 2.87. The molecule has 2 aliphatic rings. The highest BCUT2D eigenvalue weighted by molar-refractivity contribution is 5.81. The van der Waals surface area contributed by atoms with Crippen LogP contribution in [-0.4, -0.2) is 46.0 Å². The van der Waals surface area contributed by atoms with Crippen molar-refractivity contribution in [3.05, 3.63) is 0 Å². The third-order valence-electron chi connectivity index (χ3n) is 4.29. The van der Waals surface area contributed by atoms with Gasteiger partial charge in [-0.05, 0) is 32.1 Å². The minimum absolute atomic E-state index is 0.00703. The number of hydrogen-bond donors (Lipinski definition) is 2. The number of rotatable bonds is 3. The van der Waals surface area contributed by atoms with Crippen molar-refractivity contribution in [2.75, 3.05) is 13.1 Å². The van der Waals surface area contributed by atoms with Crippen LogP contribution >= 0.6 is 0 Å². The van der Waals surface area contributed by atoms with E-state index in [1.807, 2.05) is 0 Å². The normalized spacial score (nSPS) is 28.3. The number of nitrogens with zero attached hydrogens (tertiary/aromatic N) is 1. The Hall–Kier alpha value is -1.59. The molecule has 1 saturated heterocycles. The van der Waals surface area contributed by atoms with E-state index < -0.39 is 17.9 Å². The summed E-state index contributed by atoms with van der Waals surface area (Å²) >= 11 is 0. The second kappa shape index (κ2) is 5.59. The zero-order valence-corrected chi connectivity index (χ0v) is 10.7. The fourth-order valence-electron chi connectivity index (χ4n) is 3.04. The molecular formula is C13H19NO5. The molecule has 1 aliphatic heterocycles. The molecule has 2 fully saturated rings. The Labute approximate surface area is 111 Å². The maximum absolute atomic E-state index is 12.2. The van der Waals surface area contributed by atoms with Crippen LogP contribution in [-0.2, 0) is 14.4 Å². The van der Waals surface area contributed by atoms with Gasteiger partial charge in [-0.3, -0.25) is 14.4 Å². The second-order valence-electron chi connectivity index (χ2n) is 5.48. The van der Waals surface area contributed by atoms with Gasteiger partial charge in [0.05, 0.1) is 11.8 Å². The van der Waals surface area contributed by atoms with Crippen molar-refractivity contribution in [1.82, 2.24) is 4.90 Å². The van der Waals surface area contributed by atoms with E-state index in [1.165, 1.54) is 0 Å². The first-order valence-corrected chi connectivity index (χ1v) is 6.73. The van der Waals surface area contributed by atoms with Crippen molar-refractivity contribution in [1.29, 1.82) is 0 Å². The van der Waals surface area contributed by atoms with Gasteiger partial charge in [-0.2, -0.15) is 0 Å². The Morgan fingerprint density at radius 3 is 1.79 bits per heavy atom. The van der Waals surface area contributed by atoms with Crippen molar-refractivity contribution in [2.24, 2.45) is 17.8 Å². The maximum Gasteiger partial charge on any atom is 0.306 e. The fourth-order valence-corrected chi connectivity index (χ4v) is 3.04. The molecule has 19 heavy (non-hydrogen) atoms. The van der Waals surface area contributed by atoms with Gasteiger partial charge in [0.25, 0.3) is 0 Å². The van der Waals surface area contributed by atoms with Gasteiger partial charge in [-0.25, -0.2) is 0 Å². The minimum atomic E-state index is -0.820. The molecule has 0 aromatic carbocycles. The molecule has 106 valence electrons. The molecule has 0 radical (unpaired) electrons. The summed E-state index contributed by atoms with van der Waals surface area (Å²) in [5.74, 6) is -2.54. The summed E-state index contributed by atoms with van der Waals surface area (Å²) in [7, 11) is 0. The summed E-state index contributed by atoms with van der Waals surface area (Å²) in [5.41, 5.74) is 0. The third kappa shape index (κ3) is 3.05. The molecule has 1 aliphatic carbocycles. The Morgan fingerprint density at radius 2 is 1.32 bits per heavy atom. The molecule has 1 amide bonds. The largest absolute Gasteiger partial charge is 0.481 e. The highest BCUT2D eigenvalue weighted by Gasteiger charge is 2.37. The summed E-state index contributed by atoms with van der Waals surface area (Å²) in [4.78, 5) is 35.6. The van der Waals surface area contributed by atoms with E-state index in [0.717, 1.165) is 0 Å². The number of likely N-dealkylation sites (tertiary alicyclic amines) is 1. The maximum atomic E-state index is 12.2. The van der Waals surface area contributed by atoms with Crippen LogP contribution in [0.4, 0.5) is 0 Å². The van der Waals surface area contributed by atoms with E-state index in [0.29, 0.717) is 45.2 Å².